The molecular weight excluding hydrogens is 522 g/mol. The molecule has 42 heavy (non-hydrogen) atoms. The molecule has 0 bridgehead atoms. The summed E-state index contributed by atoms with van der Waals surface area (Å²) in [5.41, 5.74) is 2.12. The molecule has 0 fully saturated rings. The van der Waals surface area contributed by atoms with E-state index < -0.39 is 0 Å². The van der Waals surface area contributed by atoms with Gasteiger partial charge in [-0.2, -0.15) is 0 Å². The fraction of sp³-hybridized carbons (Fsp3) is 0.811. The molecule has 0 aliphatic carbocycles. The van der Waals surface area contributed by atoms with E-state index in [-0.39, 0.29) is 39.9 Å². The topological polar surface area (TPSA) is 83.5 Å². The van der Waals surface area contributed by atoms with Gasteiger partial charge < -0.3 is 15.2 Å². The molecule has 1 amide bonds. The van der Waals surface area contributed by atoms with Gasteiger partial charge in [0.1, 0.15) is 12.1 Å². The summed E-state index contributed by atoms with van der Waals surface area (Å²) in [5, 5.41) is 10.2. The van der Waals surface area contributed by atoms with Gasteiger partial charge in [-0.25, -0.2) is 0 Å². The van der Waals surface area contributed by atoms with Gasteiger partial charge in [-0.3, -0.25) is 9.59 Å². The number of carbonyl (C=O) groups is 3. The van der Waals surface area contributed by atoms with Crippen molar-refractivity contribution in [2.24, 2.45) is 34.0 Å². The van der Waals surface area contributed by atoms with Crippen molar-refractivity contribution in [1.29, 1.82) is 0 Å². The Hall–Kier alpha value is -1.75. The Labute approximate surface area is 262 Å². The van der Waals surface area contributed by atoms with Gasteiger partial charge in [-0.05, 0) is 68.1 Å². The normalized spacial score (nSPS) is 14.1. The molecule has 0 aliphatic rings. The molecule has 0 spiro atoms. The number of carbonyl (C=O) groups excluding carboxylic acids is 3. The standard InChI is InChI=1S/C25H47NO2.C9H18.C2H4O.CH4O/c1-13-14-20(24(7,8)9)19(18(3)27)15-17(2)22(25(10,11)12)26-21(28)16-23(4,5)6;1-5-6-7-9(4)8(2)3;1-2-3;1-2/h19-20,22H,2,13-16H2,1,3-12H3,(H,26,28);9H,2,5-7H2,1,3-4H3;2H,1H3;2H,1H3. The molecule has 5 nitrogen and oxygen atoms in total. The number of Topliss-reactive ketones (excluding diaryl/α,β-unsaturated/α-hetero) is 1. The molecular formula is C37H73NO4. The van der Waals surface area contributed by atoms with Crippen molar-refractivity contribution in [3.8, 4) is 0 Å². The molecule has 0 aliphatic heterocycles. The Morgan fingerprint density at radius 2 is 1.31 bits per heavy atom. The molecule has 0 radical (unpaired) electrons. The van der Waals surface area contributed by atoms with E-state index in [0.29, 0.717) is 18.8 Å². The first kappa shape index (κ1) is 47.2. The van der Waals surface area contributed by atoms with Crippen molar-refractivity contribution in [2.75, 3.05) is 7.11 Å². The summed E-state index contributed by atoms with van der Waals surface area (Å²) < 4.78 is 0. The van der Waals surface area contributed by atoms with E-state index >= 15 is 0 Å². The first-order valence-electron chi connectivity index (χ1n) is 16.0. The van der Waals surface area contributed by atoms with Gasteiger partial charge in [0.25, 0.3) is 0 Å². The van der Waals surface area contributed by atoms with Gasteiger partial charge >= 0.3 is 0 Å². The average molecular weight is 596 g/mol. The van der Waals surface area contributed by atoms with Gasteiger partial charge in [0.2, 0.25) is 5.91 Å². The first-order valence-corrected chi connectivity index (χ1v) is 16.0. The number of amides is 1. The summed E-state index contributed by atoms with van der Waals surface area (Å²) in [5.74, 6) is 1.25. The molecule has 0 rings (SSSR count). The molecule has 0 aromatic carbocycles. The summed E-state index contributed by atoms with van der Waals surface area (Å²) >= 11 is 0. The largest absolute Gasteiger partial charge is 0.400 e. The number of aldehydes is 1. The van der Waals surface area contributed by atoms with E-state index in [4.69, 9.17) is 9.90 Å². The van der Waals surface area contributed by atoms with Gasteiger partial charge in [-0.1, -0.05) is 127 Å². The van der Waals surface area contributed by atoms with E-state index in [9.17, 15) is 9.59 Å². The van der Waals surface area contributed by atoms with Crippen LogP contribution in [-0.2, 0) is 14.4 Å². The predicted octanol–water partition coefficient (Wildman–Crippen LogP) is 9.77. The number of aliphatic hydroxyl groups is 1. The SMILES string of the molecule is C=C(C)C(C)CCCC.C=C(CC(C(C)=O)C(CCC)C(C)(C)C)C(NC(=O)CC(C)(C)C)C(C)(C)C.CC=O.CO. The summed E-state index contributed by atoms with van der Waals surface area (Å²) in [6.07, 6.45) is 7.90. The maximum atomic E-state index is 12.6. The molecule has 2 N–H and O–H groups in total. The molecule has 0 aromatic heterocycles. The highest BCUT2D eigenvalue weighted by atomic mass is 16.2. The van der Waals surface area contributed by atoms with Crippen molar-refractivity contribution in [3.05, 3.63) is 24.3 Å². The van der Waals surface area contributed by atoms with Crippen LogP contribution in [0.25, 0.3) is 0 Å². The van der Waals surface area contributed by atoms with Crippen LogP contribution in [0, 0.1) is 34.0 Å². The van der Waals surface area contributed by atoms with Crippen LogP contribution < -0.4 is 5.32 Å². The van der Waals surface area contributed by atoms with Crippen molar-refractivity contribution < 1.29 is 19.5 Å². The maximum Gasteiger partial charge on any atom is 0.221 e. The molecule has 4 atom stereocenters. The quantitative estimate of drug-likeness (QED) is 0.164. The third kappa shape index (κ3) is 24.8. The van der Waals surface area contributed by atoms with Gasteiger partial charge in [0, 0.05) is 19.4 Å². The number of nitrogens with one attached hydrogen (secondary N) is 1. The van der Waals surface area contributed by atoms with Crippen LogP contribution in [0.15, 0.2) is 24.3 Å². The van der Waals surface area contributed by atoms with E-state index in [2.05, 4.69) is 108 Å². The van der Waals surface area contributed by atoms with Crippen molar-refractivity contribution >= 4 is 18.0 Å². The Bertz CT molecular complexity index is 762. The Morgan fingerprint density at radius 3 is 1.60 bits per heavy atom. The van der Waals surface area contributed by atoms with Crippen LogP contribution in [0.3, 0.4) is 0 Å². The number of hydrogen-bond donors (Lipinski definition) is 2. The van der Waals surface area contributed by atoms with Crippen LogP contribution in [0.5, 0.6) is 0 Å². The zero-order chi connectivity index (χ0) is 34.5. The monoisotopic (exact) mass is 596 g/mol. The second kappa shape index (κ2) is 23.7. The fourth-order valence-corrected chi connectivity index (χ4v) is 4.90. The fourth-order valence-electron chi connectivity index (χ4n) is 4.90. The number of aliphatic hydroxyl groups excluding tert-OH is 1. The highest BCUT2D eigenvalue weighted by Gasteiger charge is 2.37. The lowest BCUT2D eigenvalue weighted by atomic mass is 9.67. The first-order chi connectivity index (χ1) is 19.0. The molecule has 0 heterocycles. The second-order valence-electron chi connectivity index (χ2n) is 15.1. The Kier molecular flexibility index (Phi) is 26.6. The van der Waals surface area contributed by atoms with E-state index in [1.54, 1.807) is 6.92 Å². The highest BCUT2D eigenvalue weighted by molar-refractivity contribution is 5.79. The second-order valence-corrected chi connectivity index (χ2v) is 15.1. The molecule has 0 aromatic rings. The van der Waals surface area contributed by atoms with Crippen LogP contribution in [0.1, 0.15) is 149 Å². The zero-order valence-electron chi connectivity index (χ0n) is 30.9. The van der Waals surface area contributed by atoms with Gasteiger partial charge in [0.15, 0.2) is 0 Å². The average Bonchev–Trinajstić information content (AvgIpc) is 2.82. The predicted molar refractivity (Wildman–Crippen MR) is 185 cm³/mol. The number of rotatable bonds is 13. The highest BCUT2D eigenvalue weighted by Crippen LogP contribution is 2.40. The number of unbranched alkanes of at least 4 members (excludes halogenated alkanes) is 1. The minimum Gasteiger partial charge on any atom is -0.400 e. The minimum absolute atomic E-state index is 0.0499. The number of ketones is 1. The summed E-state index contributed by atoms with van der Waals surface area (Å²) in [4.78, 5) is 34.0. The molecule has 0 saturated heterocycles. The lowest BCUT2D eigenvalue weighted by molar-refractivity contribution is -0.124. The summed E-state index contributed by atoms with van der Waals surface area (Å²) in [6.45, 7) is 39.4. The lowest BCUT2D eigenvalue weighted by Gasteiger charge is -2.39. The van der Waals surface area contributed by atoms with Gasteiger partial charge in [0.05, 0.1) is 6.04 Å². The smallest absolute Gasteiger partial charge is 0.221 e. The van der Waals surface area contributed by atoms with Crippen molar-refractivity contribution in [1.82, 2.24) is 5.32 Å². The number of allylic oxidation sites excluding steroid dienone is 1. The third-order valence-electron chi connectivity index (χ3n) is 7.30. The van der Waals surface area contributed by atoms with Crippen molar-refractivity contribution in [3.63, 3.8) is 0 Å². The van der Waals surface area contributed by atoms with Crippen molar-refractivity contribution in [2.45, 2.75) is 155 Å². The minimum atomic E-state index is -0.159. The number of hydrogen-bond acceptors (Lipinski definition) is 4. The Morgan fingerprint density at radius 1 is 0.857 bits per heavy atom. The molecule has 0 saturated carbocycles. The maximum absolute atomic E-state index is 12.6. The van der Waals surface area contributed by atoms with Crippen LogP contribution in [0.4, 0.5) is 0 Å². The molecule has 5 heteroatoms. The molecule has 250 valence electrons. The third-order valence-corrected chi connectivity index (χ3v) is 7.30. The zero-order valence-corrected chi connectivity index (χ0v) is 30.9. The Balaban J connectivity index is -0.000000427. The molecule has 4 unspecified atom stereocenters. The van der Waals surface area contributed by atoms with E-state index in [1.807, 2.05) is 0 Å². The van der Waals surface area contributed by atoms with E-state index in [1.165, 1.54) is 31.8 Å². The van der Waals surface area contributed by atoms with Gasteiger partial charge in [-0.15, -0.1) is 0 Å². The van der Waals surface area contributed by atoms with E-state index in [0.717, 1.165) is 37.7 Å². The van der Waals surface area contributed by atoms with Crippen LogP contribution in [0.2, 0.25) is 0 Å². The van der Waals surface area contributed by atoms with Crippen LogP contribution in [-0.4, -0.2) is 36.2 Å². The van der Waals surface area contributed by atoms with Crippen LogP contribution >= 0.6 is 0 Å². The summed E-state index contributed by atoms with van der Waals surface area (Å²) in [7, 11) is 1.00. The summed E-state index contributed by atoms with van der Waals surface area (Å²) in [6, 6.07) is -0.147. The lowest BCUT2D eigenvalue weighted by Crippen LogP contribution is -2.46.